The van der Waals surface area contributed by atoms with Crippen LogP contribution in [0.5, 0.6) is 0 Å². The maximum atomic E-state index is 14.0. The highest BCUT2D eigenvalue weighted by atomic mass is 19.1. The van der Waals surface area contributed by atoms with Crippen molar-refractivity contribution in [3.05, 3.63) is 41.9 Å². The van der Waals surface area contributed by atoms with E-state index >= 15 is 0 Å². The number of hydrogen-bond acceptors (Lipinski definition) is 3. The topological polar surface area (TPSA) is 67.0 Å². The van der Waals surface area contributed by atoms with E-state index in [1.54, 1.807) is 0 Å². The van der Waals surface area contributed by atoms with E-state index in [0.717, 1.165) is 18.2 Å². The largest absolute Gasteiger partial charge is 0.449 e. The molecule has 1 aromatic carbocycles. The lowest BCUT2D eigenvalue weighted by Gasteiger charge is -2.29. The van der Waals surface area contributed by atoms with Crippen LogP contribution in [0.2, 0.25) is 0 Å². The van der Waals surface area contributed by atoms with Crippen LogP contribution in [0.4, 0.5) is 13.6 Å². The lowest BCUT2D eigenvalue weighted by molar-refractivity contribution is 0.119. The lowest BCUT2D eigenvalue weighted by Crippen LogP contribution is -2.38. The summed E-state index contributed by atoms with van der Waals surface area (Å²) in [4.78, 5) is 19.3. The summed E-state index contributed by atoms with van der Waals surface area (Å²) >= 11 is 0. The van der Waals surface area contributed by atoms with Gasteiger partial charge >= 0.3 is 6.09 Å². The standard InChI is InChI=1S/C19H25F2N3O2/c1-11(2)10-26-18(25)24-16(19(3,4)5)17-22-9-15(23-17)13-8-12(20)6-7-14(13)21/h6-9,11,16H,10H2,1-5H3,(H,22,23)(H,24,25)/t16-/m0/s1. The van der Waals surface area contributed by atoms with Gasteiger partial charge in [-0.25, -0.2) is 18.6 Å². The van der Waals surface area contributed by atoms with Gasteiger partial charge in [-0.15, -0.1) is 0 Å². The van der Waals surface area contributed by atoms with E-state index in [0.29, 0.717) is 18.1 Å². The summed E-state index contributed by atoms with van der Waals surface area (Å²) in [6, 6.07) is 2.73. The number of halogens is 2. The molecular weight excluding hydrogens is 340 g/mol. The first-order valence-electron chi connectivity index (χ1n) is 8.51. The lowest BCUT2D eigenvalue weighted by atomic mass is 9.86. The van der Waals surface area contributed by atoms with Crippen LogP contribution in [0.1, 0.15) is 46.5 Å². The first kappa shape index (κ1) is 19.9. The summed E-state index contributed by atoms with van der Waals surface area (Å²) in [5.74, 6) is -0.434. The molecule has 142 valence electrons. The van der Waals surface area contributed by atoms with Gasteiger partial charge in [-0.2, -0.15) is 0 Å². The molecule has 5 nitrogen and oxygen atoms in total. The number of nitrogens with one attached hydrogen (secondary N) is 2. The Labute approximate surface area is 152 Å². The quantitative estimate of drug-likeness (QED) is 0.798. The fourth-order valence-corrected chi connectivity index (χ4v) is 2.42. The van der Waals surface area contributed by atoms with Gasteiger partial charge in [-0.1, -0.05) is 34.6 Å². The molecule has 7 heteroatoms. The van der Waals surface area contributed by atoms with E-state index in [9.17, 15) is 13.6 Å². The summed E-state index contributed by atoms with van der Waals surface area (Å²) < 4.78 is 32.6. The van der Waals surface area contributed by atoms with E-state index in [4.69, 9.17) is 4.74 Å². The fraction of sp³-hybridized carbons (Fsp3) is 0.474. The molecule has 2 N–H and O–H groups in total. The van der Waals surface area contributed by atoms with Crippen molar-refractivity contribution in [3.8, 4) is 11.3 Å². The minimum absolute atomic E-state index is 0.0822. The Morgan fingerprint density at radius 1 is 1.31 bits per heavy atom. The van der Waals surface area contributed by atoms with Crippen LogP contribution in [0.25, 0.3) is 11.3 Å². The van der Waals surface area contributed by atoms with Gasteiger partial charge < -0.3 is 15.0 Å². The molecule has 0 bridgehead atoms. The third kappa shape index (κ3) is 5.03. The number of imidazole rings is 1. The van der Waals surface area contributed by atoms with Crippen molar-refractivity contribution < 1.29 is 18.3 Å². The van der Waals surface area contributed by atoms with Crippen molar-refractivity contribution >= 4 is 6.09 Å². The van der Waals surface area contributed by atoms with Crippen molar-refractivity contribution in [2.75, 3.05) is 6.61 Å². The Morgan fingerprint density at radius 2 is 2.00 bits per heavy atom. The highest BCUT2D eigenvalue weighted by Gasteiger charge is 2.31. The maximum Gasteiger partial charge on any atom is 0.407 e. The van der Waals surface area contributed by atoms with E-state index in [2.05, 4.69) is 15.3 Å². The van der Waals surface area contributed by atoms with E-state index in [-0.39, 0.29) is 16.9 Å². The minimum Gasteiger partial charge on any atom is -0.449 e. The van der Waals surface area contributed by atoms with E-state index in [1.165, 1.54) is 6.20 Å². The van der Waals surface area contributed by atoms with Crippen molar-refractivity contribution in [1.29, 1.82) is 0 Å². The molecule has 0 radical (unpaired) electrons. The van der Waals surface area contributed by atoms with Gasteiger partial charge in [0.15, 0.2) is 0 Å². The molecule has 1 heterocycles. The Balaban J connectivity index is 2.26. The molecule has 0 unspecified atom stereocenters. The predicted octanol–water partition coefficient (Wildman–Crippen LogP) is 4.82. The number of alkyl carbamates (subject to hydrolysis) is 1. The number of carbonyl (C=O) groups excluding carboxylic acids is 1. The molecule has 26 heavy (non-hydrogen) atoms. The van der Waals surface area contributed by atoms with Crippen molar-refractivity contribution in [3.63, 3.8) is 0 Å². The molecular formula is C19H25F2N3O2. The molecule has 0 fully saturated rings. The van der Waals surface area contributed by atoms with Crippen molar-refractivity contribution in [2.24, 2.45) is 11.3 Å². The van der Waals surface area contributed by atoms with Crippen LogP contribution >= 0.6 is 0 Å². The molecule has 1 aromatic heterocycles. The van der Waals surface area contributed by atoms with Crippen molar-refractivity contribution in [1.82, 2.24) is 15.3 Å². The first-order valence-corrected chi connectivity index (χ1v) is 8.51. The van der Waals surface area contributed by atoms with Crippen LogP contribution in [-0.4, -0.2) is 22.7 Å². The number of hydrogen-bond donors (Lipinski definition) is 2. The van der Waals surface area contributed by atoms with Crippen LogP contribution in [-0.2, 0) is 4.74 Å². The SMILES string of the molecule is CC(C)COC(=O)N[C@@H](c1ncc(-c2cc(F)ccc2F)[nH]1)C(C)(C)C. The average molecular weight is 365 g/mol. The van der Waals surface area contributed by atoms with Crippen molar-refractivity contribution in [2.45, 2.75) is 40.7 Å². The second-order valence-electron chi connectivity index (χ2n) is 7.74. The Kier molecular flexibility index (Phi) is 6.00. The summed E-state index contributed by atoms with van der Waals surface area (Å²) in [5, 5.41) is 2.80. The molecule has 0 saturated heterocycles. The highest BCUT2D eigenvalue weighted by molar-refractivity contribution is 5.68. The van der Waals surface area contributed by atoms with Crippen LogP contribution in [0.15, 0.2) is 24.4 Å². The Morgan fingerprint density at radius 3 is 2.62 bits per heavy atom. The summed E-state index contributed by atoms with van der Waals surface area (Å²) in [7, 11) is 0. The normalized spacial score (nSPS) is 12.9. The molecule has 0 saturated carbocycles. The second kappa shape index (κ2) is 7.85. The molecule has 0 aliphatic heterocycles. The zero-order valence-corrected chi connectivity index (χ0v) is 15.7. The number of amides is 1. The molecule has 1 atom stereocenters. The van der Waals surface area contributed by atoms with Gasteiger partial charge in [-0.05, 0) is 29.5 Å². The molecule has 2 rings (SSSR count). The van der Waals surface area contributed by atoms with Gasteiger partial charge in [0.2, 0.25) is 0 Å². The van der Waals surface area contributed by atoms with Gasteiger partial charge in [0, 0.05) is 5.56 Å². The number of H-pyrrole nitrogens is 1. The zero-order valence-electron chi connectivity index (χ0n) is 15.7. The van der Waals surface area contributed by atoms with E-state index < -0.39 is 23.8 Å². The number of rotatable bonds is 5. The molecule has 0 aliphatic rings. The van der Waals surface area contributed by atoms with E-state index in [1.807, 2.05) is 34.6 Å². The zero-order chi connectivity index (χ0) is 19.5. The molecule has 1 amide bonds. The van der Waals surface area contributed by atoms with Gasteiger partial charge in [0.05, 0.1) is 24.5 Å². The summed E-state index contributed by atoms with van der Waals surface area (Å²) in [6.45, 7) is 10.0. The number of aromatic nitrogens is 2. The molecule has 0 spiro atoms. The van der Waals surface area contributed by atoms with Gasteiger partial charge in [0.1, 0.15) is 17.5 Å². The maximum absolute atomic E-state index is 14.0. The summed E-state index contributed by atoms with van der Waals surface area (Å²) in [6.07, 6.45) is 0.876. The number of ether oxygens (including phenoxy) is 1. The number of nitrogens with zero attached hydrogens (tertiary/aromatic N) is 1. The van der Waals surface area contributed by atoms with Crippen LogP contribution < -0.4 is 5.32 Å². The Hall–Kier alpha value is -2.44. The second-order valence-corrected chi connectivity index (χ2v) is 7.74. The van der Waals surface area contributed by atoms with Gasteiger partial charge in [0.25, 0.3) is 0 Å². The minimum atomic E-state index is -0.557. The average Bonchev–Trinajstić information content (AvgIpc) is 3.01. The predicted molar refractivity (Wildman–Crippen MR) is 95.5 cm³/mol. The smallest absolute Gasteiger partial charge is 0.407 e. The van der Waals surface area contributed by atoms with Gasteiger partial charge in [-0.3, -0.25) is 0 Å². The Bertz CT molecular complexity index is 766. The van der Waals surface area contributed by atoms with Crippen LogP contribution in [0, 0.1) is 23.0 Å². The van der Waals surface area contributed by atoms with Crippen LogP contribution in [0.3, 0.4) is 0 Å². The monoisotopic (exact) mass is 365 g/mol. The highest BCUT2D eigenvalue weighted by Crippen LogP contribution is 2.33. The number of carbonyl (C=O) groups is 1. The summed E-state index contributed by atoms with van der Waals surface area (Å²) in [5.41, 5.74) is 0.0364. The molecule has 0 aliphatic carbocycles. The third-order valence-corrected chi connectivity index (χ3v) is 3.76. The number of aromatic amines is 1. The first-order chi connectivity index (χ1) is 12.1. The third-order valence-electron chi connectivity index (χ3n) is 3.76. The number of benzene rings is 1. The molecule has 2 aromatic rings. The fourth-order valence-electron chi connectivity index (χ4n) is 2.42.